The first kappa shape index (κ1) is 17.4. The van der Waals surface area contributed by atoms with Gasteiger partial charge in [0.15, 0.2) is 0 Å². The van der Waals surface area contributed by atoms with E-state index in [1.807, 2.05) is 13.0 Å². The zero-order chi connectivity index (χ0) is 15.3. The van der Waals surface area contributed by atoms with Crippen LogP contribution in [0.15, 0.2) is 31.4 Å². The molecule has 110 valence electrons. The minimum Gasteiger partial charge on any atom is -0.468 e. The molecule has 0 aromatic rings. The summed E-state index contributed by atoms with van der Waals surface area (Å²) in [6.07, 6.45) is 1.05. The summed E-state index contributed by atoms with van der Waals surface area (Å²) in [4.78, 5) is 16.7. The van der Waals surface area contributed by atoms with Gasteiger partial charge in [0.05, 0.1) is 19.6 Å². The van der Waals surface area contributed by atoms with Crippen LogP contribution in [0.3, 0.4) is 0 Å². The maximum atomic E-state index is 11.8. The highest BCUT2D eigenvalue weighted by Crippen LogP contribution is 2.30. The standard InChI is InChI=1S/C9H16N8O3/c1-3-4-9(5-6-10,8(18)19-2)7-20-17-16-15-14-13-12-11/h3-5,7H2,1-2H3,(H2,11,13,15,17)/t9-/m0/s1. The van der Waals surface area contributed by atoms with Crippen LogP contribution >= 0.6 is 0 Å². The number of carbonyl (C=O) groups is 1. The topological polar surface area (TPSA) is 159 Å². The van der Waals surface area contributed by atoms with Gasteiger partial charge in [-0.1, -0.05) is 18.6 Å². The van der Waals surface area contributed by atoms with Gasteiger partial charge < -0.3 is 15.4 Å². The Kier molecular flexibility index (Phi) is 8.94. The van der Waals surface area contributed by atoms with Gasteiger partial charge in [0.25, 0.3) is 0 Å². The Morgan fingerprint density at radius 2 is 2.05 bits per heavy atom. The molecule has 0 rings (SSSR count). The molecule has 0 fully saturated rings. The monoisotopic (exact) mass is 284 g/mol. The molecule has 1 atom stereocenters. The largest absolute Gasteiger partial charge is 0.468 e. The average molecular weight is 284 g/mol. The summed E-state index contributed by atoms with van der Waals surface area (Å²) in [6, 6.07) is 1.94. The number of hydrogen-bond donors (Lipinski definition) is 1. The highest BCUT2D eigenvalue weighted by Gasteiger charge is 2.40. The molecule has 0 unspecified atom stereocenters. The van der Waals surface area contributed by atoms with Crippen molar-refractivity contribution in [1.29, 1.82) is 5.26 Å². The van der Waals surface area contributed by atoms with E-state index in [-0.39, 0.29) is 13.0 Å². The highest BCUT2D eigenvalue weighted by atomic mass is 16.6. The molecule has 0 bridgehead atoms. The first-order valence-electron chi connectivity index (χ1n) is 5.64. The molecule has 0 radical (unpaired) electrons. The second kappa shape index (κ2) is 10.3. The molecule has 0 aromatic carbocycles. The second-order valence-electron chi connectivity index (χ2n) is 3.69. The molecule has 2 N–H and O–H groups in total. The van der Waals surface area contributed by atoms with Crippen molar-refractivity contribution in [3.8, 4) is 6.07 Å². The Balaban J connectivity index is 4.65. The lowest BCUT2D eigenvalue weighted by atomic mass is 9.81. The van der Waals surface area contributed by atoms with E-state index in [1.54, 1.807) is 0 Å². The fraction of sp³-hybridized carbons (Fsp3) is 0.778. The van der Waals surface area contributed by atoms with Crippen molar-refractivity contribution in [3.63, 3.8) is 0 Å². The Hall–Kier alpha value is -2.64. The highest BCUT2D eigenvalue weighted by molar-refractivity contribution is 5.77. The molecule has 11 heteroatoms. The average Bonchev–Trinajstić information content (AvgIpc) is 2.45. The first-order chi connectivity index (χ1) is 9.66. The number of carbonyl (C=O) groups excluding carboxylic acids is 1. The lowest BCUT2D eigenvalue weighted by Crippen LogP contribution is -2.36. The fourth-order valence-corrected chi connectivity index (χ4v) is 1.54. The lowest BCUT2D eigenvalue weighted by Gasteiger charge is -2.26. The van der Waals surface area contributed by atoms with Crippen LogP contribution in [0.4, 0.5) is 0 Å². The summed E-state index contributed by atoms with van der Waals surface area (Å²) in [6.45, 7) is 1.72. The van der Waals surface area contributed by atoms with Crippen LogP contribution in [-0.4, -0.2) is 19.7 Å². The van der Waals surface area contributed by atoms with Crippen LogP contribution in [0.2, 0.25) is 0 Å². The summed E-state index contributed by atoms with van der Waals surface area (Å²) in [5, 5.41) is 27.0. The molecule has 0 aliphatic carbocycles. The van der Waals surface area contributed by atoms with E-state index < -0.39 is 11.4 Å². The van der Waals surface area contributed by atoms with E-state index in [1.165, 1.54) is 7.11 Å². The van der Waals surface area contributed by atoms with Gasteiger partial charge in [0.1, 0.15) is 12.0 Å². The summed E-state index contributed by atoms with van der Waals surface area (Å²) in [5.41, 5.74) is -1.08. The molecule has 11 nitrogen and oxygen atoms in total. The SMILES string of the molecule is CCC[C@](CC#N)(CON=NN=NN=NN)C(=O)OC. The number of ether oxygens (including phenoxy) is 1. The van der Waals surface area contributed by atoms with Crippen molar-refractivity contribution in [2.45, 2.75) is 26.2 Å². The summed E-state index contributed by atoms with van der Waals surface area (Å²) in [7, 11) is 1.25. The zero-order valence-electron chi connectivity index (χ0n) is 11.3. The van der Waals surface area contributed by atoms with Gasteiger partial charge in [-0.3, -0.25) is 4.79 Å². The molecule has 0 spiro atoms. The summed E-state index contributed by atoms with van der Waals surface area (Å²) < 4.78 is 4.71. The summed E-state index contributed by atoms with van der Waals surface area (Å²) >= 11 is 0. The smallest absolute Gasteiger partial charge is 0.316 e. The van der Waals surface area contributed by atoms with Gasteiger partial charge in [-0.25, -0.2) is 0 Å². The Morgan fingerprint density at radius 1 is 1.35 bits per heavy atom. The van der Waals surface area contributed by atoms with Crippen LogP contribution in [0.25, 0.3) is 0 Å². The molecule has 0 aliphatic heterocycles. The van der Waals surface area contributed by atoms with Crippen LogP contribution in [0.1, 0.15) is 26.2 Å². The van der Waals surface area contributed by atoms with E-state index in [4.69, 9.17) is 14.8 Å². The molecule has 0 heterocycles. The van der Waals surface area contributed by atoms with Crippen LogP contribution in [0.5, 0.6) is 0 Å². The molecule has 0 saturated carbocycles. The third-order valence-electron chi connectivity index (χ3n) is 2.37. The van der Waals surface area contributed by atoms with Crippen molar-refractivity contribution in [3.05, 3.63) is 0 Å². The van der Waals surface area contributed by atoms with Crippen molar-refractivity contribution < 1.29 is 14.4 Å². The molecular weight excluding hydrogens is 268 g/mol. The van der Waals surface area contributed by atoms with Crippen LogP contribution in [-0.2, 0) is 14.4 Å². The predicted octanol–water partition coefficient (Wildman–Crippen LogP) is 1.85. The van der Waals surface area contributed by atoms with Crippen molar-refractivity contribution in [1.82, 2.24) is 0 Å². The second-order valence-corrected chi connectivity index (χ2v) is 3.69. The number of nitriles is 1. The maximum absolute atomic E-state index is 11.8. The lowest BCUT2D eigenvalue weighted by molar-refractivity contribution is -0.157. The molecule has 0 aromatic heterocycles. The number of nitrogens with zero attached hydrogens (tertiary/aromatic N) is 7. The number of rotatable bonds is 9. The molecular formula is C9H16N8O3. The Bertz CT molecular complexity index is 416. The number of esters is 1. The third-order valence-corrected chi connectivity index (χ3v) is 2.37. The number of methoxy groups -OCH3 is 1. The maximum Gasteiger partial charge on any atom is 0.316 e. The molecule has 0 amide bonds. The van der Waals surface area contributed by atoms with Crippen molar-refractivity contribution in [2.24, 2.45) is 42.7 Å². The fourth-order valence-electron chi connectivity index (χ4n) is 1.54. The zero-order valence-corrected chi connectivity index (χ0v) is 11.3. The Labute approximate surface area is 115 Å². The molecule has 0 aliphatic rings. The predicted molar refractivity (Wildman–Crippen MR) is 64.3 cm³/mol. The van der Waals surface area contributed by atoms with Crippen molar-refractivity contribution >= 4 is 5.97 Å². The van der Waals surface area contributed by atoms with E-state index in [9.17, 15) is 4.79 Å². The van der Waals surface area contributed by atoms with E-state index in [2.05, 4.69) is 37.2 Å². The van der Waals surface area contributed by atoms with E-state index in [0.717, 1.165) is 0 Å². The van der Waals surface area contributed by atoms with Crippen LogP contribution in [0, 0.1) is 16.7 Å². The Morgan fingerprint density at radius 3 is 2.60 bits per heavy atom. The normalized spacial score (nSPS) is 14.4. The van der Waals surface area contributed by atoms with Gasteiger partial charge in [0.2, 0.25) is 0 Å². The molecule has 20 heavy (non-hydrogen) atoms. The quantitative estimate of drug-likeness (QED) is 0.295. The third kappa shape index (κ3) is 5.80. The van der Waals surface area contributed by atoms with E-state index in [0.29, 0.717) is 12.8 Å². The molecule has 0 saturated heterocycles. The number of hydrogen-bond acceptors (Lipinski definition) is 6. The summed E-state index contributed by atoms with van der Waals surface area (Å²) in [5.74, 6) is 4.13. The minimum atomic E-state index is -1.08. The van der Waals surface area contributed by atoms with Gasteiger partial charge in [-0.15, -0.1) is 0 Å². The number of nitrogens with two attached hydrogens (primary N) is 1. The van der Waals surface area contributed by atoms with Gasteiger partial charge in [0, 0.05) is 15.7 Å². The van der Waals surface area contributed by atoms with E-state index >= 15 is 0 Å². The van der Waals surface area contributed by atoms with Crippen molar-refractivity contribution in [2.75, 3.05) is 13.7 Å². The minimum absolute atomic E-state index is 0.0497. The van der Waals surface area contributed by atoms with Gasteiger partial charge in [-0.05, 0) is 16.9 Å². The first-order valence-corrected chi connectivity index (χ1v) is 5.64. The van der Waals surface area contributed by atoms with Gasteiger partial charge in [-0.2, -0.15) is 5.26 Å². The van der Waals surface area contributed by atoms with Gasteiger partial charge >= 0.3 is 5.97 Å². The van der Waals surface area contributed by atoms with Crippen LogP contribution < -0.4 is 5.84 Å².